The molecule has 1 atom stereocenters. The lowest BCUT2D eigenvalue weighted by Gasteiger charge is -2.22. The molecule has 0 fully saturated rings. The summed E-state index contributed by atoms with van der Waals surface area (Å²) in [4.78, 5) is 19.3. The summed E-state index contributed by atoms with van der Waals surface area (Å²) < 4.78 is 21.3. The van der Waals surface area contributed by atoms with Gasteiger partial charge in [0.25, 0.3) is 0 Å². The SMILES string of the molecule is CN(C)CCCC(O)(P=O)P(=O)(O)O. The molecule has 0 aliphatic rings. The summed E-state index contributed by atoms with van der Waals surface area (Å²) in [5.41, 5.74) is 0. The van der Waals surface area contributed by atoms with Gasteiger partial charge in [0.1, 0.15) is 0 Å². The van der Waals surface area contributed by atoms with Crippen molar-refractivity contribution in [2.45, 2.75) is 17.9 Å². The van der Waals surface area contributed by atoms with E-state index in [4.69, 9.17) is 9.79 Å². The minimum atomic E-state index is -4.74. The van der Waals surface area contributed by atoms with Crippen LogP contribution >= 0.6 is 16.1 Å². The first-order valence-corrected chi connectivity index (χ1v) is 6.42. The minimum Gasteiger partial charge on any atom is -0.368 e. The van der Waals surface area contributed by atoms with Gasteiger partial charge >= 0.3 is 7.60 Å². The molecule has 14 heavy (non-hydrogen) atoms. The van der Waals surface area contributed by atoms with Crippen molar-refractivity contribution in [3.8, 4) is 0 Å². The normalized spacial score (nSPS) is 17.3. The van der Waals surface area contributed by atoms with Gasteiger partial charge in [0.15, 0.2) is 0 Å². The topological polar surface area (TPSA) is 98.1 Å². The molecular weight excluding hydrogens is 228 g/mol. The Kier molecular flexibility index (Phi) is 5.37. The third kappa shape index (κ3) is 4.13. The first kappa shape index (κ1) is 14.2. The molecule has 84 valence electrons. The summed E-state index contributed by atoms with van der Waals surface area (Å²) in [7, 11) is -2.07. The monoisotopic (exact) mass is 243 g/mol. The summed E-state index contributed by atoms with van der Waals surface area (Å²) in [5.74, 6) is 0. The van der Waals surface area contributed by atoms with Crippen molar-refractivity contribution in [3.05, 3.63) is 0 Å². The molecule has 6 nitrogen and oxygen atoms in total. The summed E-state index contributed by atoms with van der Waals surface area (Å²) in [5, 5.41) is 6.94. The van der Waals surface area contributed by atoms with Gasteiger partial charge in [0, 0.05) is 6.42 Å². The molecule has 0 bridgehead atoms. The second kappa shape index (κ2) is 5.31. The van der Waals surface area contributed by atoms with Crippen LogP contribution in [0.3, 0.4) is 0 Å². The lowest BCUT2D eigenvalue weighted by atomic mass is 10.3. The Morgan fingerprint density at radius 1 is 1.43 bits per heavy atom. The molecule has 0 aliphatic heterocycles. The first-order chi connectivity index (χ1) is 6.23. The fourth-order valence-corrected chi connectivity index (χ4v) is 2.00. The maximum absolute atomic E-state index is 10.8. The second-order valence-electron chi connectivity index (χ2n) is 3.32. The number of rotatable bonds is 6. The van der Waals surface area contributed by atoms with Crippen molar-refractivity contribution >= 4 is 16.1 Å². The van der Waals surface area contributed by atoms with E-state index in [1.54, 1.807) is 14.1 Å². The first-order valence-electron chi connectivity index (χ1n) is 4.00. The van der Waals surface area contributed by atoms with E-state index in [0.717, 1.165) is 0 Å². The number of hydrogen-bond acceptors (Lipinski definition) is 4. The fourth-order valence-electron chi connectivity index (χ4n) is 0.877. The Labute approximate surface area is 84.3 Å². The highest BCUT2D eigenvalue weighted by Crippen LogP contribution is 2.57. The van der Waals surface area contributed by atoms with Crippen LogP contribution in [0.2, 0.25) is 0 Å². The van der Waals surface area contributed by atoms with Crippen molar-refractivity contribution in [1.29, 1.82) is 0 Å². The van der Waals surface area contributed by atoms with Gasteiger partial charge in [0.05, 0.1) is 0 Å². The lowest BCUT2D eigenvalue weighted by molar-refractivity contribution is 0.153. The van der Waals surface area contributed by atoms with Crippen LogP contribution in [0.5, 0.6) is 0 Å². The molecule has 0 spiro atoms. The molecule has 0 heterocycles. The van der Waals surface area contributed by atoms with E-state index in [9.17, 15) is 14.2 Å². The third-order valence-electron chi connectivity index (χ3n) is 1.73. The predicted molar refractivity (Wildman–Crippen MR) is 52.4 cm³/mol. The van der Waals surface area contributed by atoms with Crippen LogP contribution in [-0.2, 0) is 9.13 Å². The van der Waals surface area contributed by atoms with Crippen molar-refractivity contribution in [2.75, 3.05) is 20.6 Å². The van der Waals surface area contributed by atoms with Crippen LogP contribution in [0.15, 0.2) is 0 Å². The fraction of sp³-hybridized carbons (Fsp3) is 1.00. The predicted octanol–water partition coefficient (Wildman–Crippen LogP) is 0.444. The second-order valence-corrected chi connectivity index (χ2v) is 6.42. The van der Waals surface area contributed by atoms with Gasteiger partial charge < -0.3 is 19.8 Å². The van der Waals surface area contributed by atoms with Crippen molar-refractivity contribution in [1.82, 2.24) is 4.90 Å². The molecule has 0 amide bonds. The molecular formula is C6H15NO5P2. The van der Waals surface area contributed by atoms with Gasteiger partial charge in [0.2, 0.25) is 13.5 Å². The smallest absolute Gasteiger partial charge is 0.368 e. The van der Waals surface area contributed by atoms with Crippen molar-refractivity contribution in [3.63, 3.8) is 0 Å². The zero-order valence-electron chi connectivity index (χ0n) is 8.12. The largest absolute Gasteiger partial charge is 0.368 e. The molecule has 0 saturated heterocycles. The Morgan fingerprint density at radius 3 is 2.21 bits per heavy atom. The molecule has 0 aliphatic carbocycles. The van der Waals surface area contributed by atoms with Crippen LogP contribution in [-0.4, -0.2) is 45.5 Å². The highest BCUT2D eigenvalue weighted by Gasteiger charge is 2.46. The minimum absolute atomic E-state index is 0.194. The van der Waals surface area contributed by atoms with Crippen LogP contribution < -0.4 is 0 Å². The maximum atomic E-state index is 10.8. The number of aliphatic hydroxyl groups is 1. The van der Waals surface area contributed by atoms with E-state index in [1.165, 1.54) is 0 Å². The molecule has 0 radical (unpaired) electrons. The molecule has 0 aromatic carbocycles. The average molecular weight is 243 g/mol. The van der Waals surface area contributed by atoms with Crippen LogP contribution in [0.25, 0.3) is 0 Å². The third-order valence-corrected chi connectivity index (χ3v) is 4.43. The van der Waals surface area contributed by atoms with Crippen molar-refractivity contribution in [2.24, 2.45) is 0 Å². The van der Waals surface area contributed by atoms with E-state index >= 15 is 0 Å². The summed E-state index contributed by atoms with van der Waals surface area (Å²) >= 11 is 0. The van der Waals surface area contributed by atoms with Gasteiger partial charge in [-0.15, -0.1) is 0 Å². The molecule has 0 saturated carbocycles. The van der Waals surface area contributed by atoms with Gasteiger partial charge in [-0.2, -0.15) is 0 Å². The maximum Gasteiger partial charge on any atom is 0.368 e. The standard InChI is InChI=1S/C6H15NO5P2/c1-7(2)5-3-4-6(8,13-9)14(10,11)12/h8H,3-5H2,1-2H3,(H2,10,11,12). The molecule has 1 unspecified atom stereocenters. The quantitative estimate of drug-likeness (QED) is 0.585. The lowest BCUT2D eigenvalue weighted by Crippen LogP contribution is -2.23. The van der Waals surface area contributed by atoms with Gasteiger partial charge in [-0.1, -0.05) is 0 Å². The average Bonchev–Trinajstić information content (AvgIpc) is 2.01. The van der Waals surface area contributed by atoms with E-state index in [0.29, 0.717) is 13.0 Å². The van der Waals surface area contributed by atoms with E-state index in [2.05, 4.69) is 0 Å². The van der Waals surface area contributed by atoms with Gasteiger partial charge in [-0.05, 0) is 27.1 Å². The molecule has 0 aromatic rings. The summed E-state index contributed by atoms with van der Waals surface area (Å²) in [6.07, 6.45) is 0.171. The highest BCUT2D eigenvalue weighted by molar-refractivity contribution is 7.63. The van der Waals surface area contributed by atoms with Crippen molar-refractivity contribution < 1.29 is 24.0 Å². The number of hydrogen-bond donors (Lipinski definition) is 3. The Bertz CT molecular complexity index is 240. The Hall–Kier alpha value is 0.170. The van der Waals surface area contributed by atoms with Gasteiger partial charge in [-0.3, -0.25) is 9.13 Å². The van der Waals surface area contributed by atoms with Crippen LogP contribution in [0.1, 0.15) is 12.8 Å². The molecule has 0 aromatic heterocycles. The Morgan fingerprint density at radius 2 is 1.93 bits per heavy atom. The summed E-state index contributed by atoms with van der Waals surface area (Å²) in [6, 6.07) is 0. The molecule has 0 rings (SSSR count). The molecule has 3 N–H and O–H groups in total. The summed E-state index contributed by atoms with van der Waals surface area (Å²) in [6.45, 7) is 0.567. The zero-order valence-corrected chi connectivity index (χ0v) is 9.91. The van der Waals surface area contributed by atoms with E-state index in [1.807, 2.05) is 4.90 Å². The van der Waals surface area contributed by atoms with Crippen LogP contribution in [0.4, 0.5) is 0 Å². The molecule has 8 heteroatoms. The number of nitrogens with zero attached hydrogens (tertiary/aromatic N) is 1. The van der Waals surface area contributed by atoms with Gasteiger partial charge in [-0.25, -0.2) is 0 Å². The van der Waals surface area contributed by atoms with E-state index in [-0.39, 0.29) is 6.42 Å². The Balaban J connectivity index is 4.29. The zero-order chi connectivity index (χ0) is 11.4. The van der Waals surface area contributed by atoms with E-state index < -0.39 is 21.1 Å². The highest BCUT2D eigenvalue weighted by atomic mass is 31.2. The van der Waals surface area contributed by atoms with Crippen LogP contribution in [0, 0.1) is 0 Å².